The average molecular weight is 355 g/mol. The molecule has 0 bridgehead atoms. The quantitative estimate of drug-likeness (QED) is 0.778. The molecule has 0 amide bonds. The van der Waals surface area contributed by atoms with Gasteiger partial charge in [-0.05, 0) is 43.0 Å². The van der Waals surface area contributed by atoms with Crippen molar-refractivity contribution in [2.24, 2.45) is 0 Å². The lowest BCUT2D eigenvalue weighted by Crippen LogP contribution is -2.25. The molecule has 1 aromatic carbocycles. The van der Waals surface area contributed by atoms with Gasteiger partial charge < -0.3 is 10.0 Å². The fraction of sp³-hybridized carbons (Fsp3) is 0.278. The van der Waals surface area contributed by atoms with Crippen molar-refractivity contribution in [1.29, 1.82) is 0 Å². The van der Waals surface area contributed by atoms with Crippen LogP contribution < -0.4 is 10.6 Å². The summed E-state index contributed by atoms with van der Waals surface area (Å²) in [5.74, 6) is 0.205. The van der Waals surface area contributed by atoms with Gasteiger partial charge in [0.2, 0.25) is 0 Å². The molecule has 0 spiro atoms. The van der Waals surface area contributed by atoms with E-state index in [2.05, 4.69) is 11.1 Å². The van der Waals surface area contributed by atoms with E-state index in [4.69, 9.17) is 0 Å². The van der Waals surface area contributed by atoms with Crippen LogP contribution in [0.15, 0.2) is 35.1 Å². The predicted molar refractivity (Wildman–Crippen MR) is 98.5 cm³/mol. The lowest BCUT2D eigenvalue weighted by atomic mass is 10.2. The number of carbonyl (C=O) groups is 1. The van der Waals surface area contributed by atoms with Crippen LogP contribution in [-0.4, -0.2) is 34.7 Å². The minimum Gasteiger partial charge on any atom is -0.478 e. The van der Waals surface area contributed by atoms with E-state index >= 15 is 0 Å². The van der Waals surface area contributed by atoms with Crippen molar-refractivity contribution in [2.45, 2.75) is 18.8 Å². The summed E-state index contributed by atoms with van der Waals surface area (Å²) in [5.41, 5.74) is 1.05. The zero-order chi connectivity index (χ0) is 17.7. The highest BCUT2D eigenvalue weighted by Gasteiger charge is 2.27. The SMILES string of the molecule is CN(C)c1nc(=O)n(-c2cccc(C(=O)O)c2)c2cc(C3CC3)sc12. The molecule has 1 saturated carbocycles. The summed E-state index contributed by atoms with van der Waals surface area (Å²) in [5, 5.41) is 9.23. The topological polar surface area (TPSA) is 75.4 Å². The van der Waals surface area contributed by atoms with Gasteiger partial charge in [-0.2, -0.15) is 4.98 Å². The number of thiophene rings is 1. The molecule has 2 heterocycles. The number of carboxylic acids is 1. The molecule has 6 nitrogen and oxygen atoms in total. The largest absolute Gasteiger partial charge is 0.478 e. The molecule has 1 fully saturated rings. The van der Waals surface area contributed by atoms with E-state index in [1.807, 2.05) is 19.0 Å². The molecule has 7 heteroatoms. The molecule has 2 aromatic heterocycles. The van der Waals surface area contributed by atoms with E-state index in [9.17, 15) is 14.7 Å². The second-order valence-corrected chi connectivity index (χ2v) is 7.52. The third kappa shape index (κ3) is 2.70. The van der Waals surface area contributed by atoms with E-state index in [0.29, 0.717) is 17.4 Å². The molecule has 1 aliphatic rings. The van der Waals surface area contributed by atoms with Crippen LogP contribution >= 0.6 is 11.3 Å². The van der Waals surface area contributed by atoms with Crippen molar-refractivity contribution >= 4 is 33.3 Å². The Morgan fingerprint density at radius 2 is 2.08 bits per heavy atom. The van der Waals surface area contributed by atoms with Gasteiger partial charge in [0.1, 0.15) is 0 Å². The predicted octanol–water partition coefficient (Wildman–Crippen LogP) is 3.09. The van der Waals surface area contributed by atoms with Gasteiger partial charge in [-0.1, -0.05) is 6.07 Å². The van der Waals surface area contributed by atoms with Crippen LogP contribution in [0.5, 0.6) is 0 Å². The standard InChI is InChI=1S/C18H17N3O3S/c1-20(2)16-15-13(9-14(25-15)10-6-7-10)21(18(24)19-16)12-5-3-4-11(8-12)17(22)23/h3-5,8-10H,6-7H2,1-2H3,(H,22,23). The number of aromatic carboxylic acids is 1. The molecular formula is C18H17N3O3S. The molecule has 4 rings (SSSR count). The third-order valence-electron chi connectivity index (χ3n) is 4.32. The second-order valence-electron chi connectivity index (χ2n) is 6.44. The van der Waals surface area contributed by atoms with Gasteiger partial charge in [0, 0.05) is 19.0 Å². The van der Waals surface area contributed by atoms with Gasteiger partial charge in [0.05, 0.1) is 21.5 Å². The van der Waals surface area contributed by atoms with E-state index in [-0.39, 0.29) is 5.56 Å². The summed E-state index contributed by atoms with van der Waals surface area (Å²) >= 11 is 1.67. The van der Waals surface area contributed by atoms with Crippen LogP contribution in [0.3, 0.4) is 0 Å². The number of hydrogen-bond donors (Lipinski definition) is 1. The summed E-state index contributed by atoms with van der Waals surface area (Å²) < 4.78 is 2.46. The minimum atomic E-state index is -1.02. The number of hydrogen-bond acceptors (Lipinski definition) is 5. The van der Waals surface area contributed by atoms with Crippen LogP contribution in [-0.2, 0) is 0 Å². The molecule has 0 saturated heterocycles. The minimum absolute atomic E-state index is 0.145. The molecule has 0 unspecified atom stereocenters. The van der Waals surface area contributed by atoms with Crippen molar-refractivity contribution in [2.75, 3.05) is 19.0 Å². The average Bonchev–Trinajstić information content (AvgIpc) is 3.33. The highest BCUT2D eigenvalue weighted by Crippen LogP contribution is 2.46. The number of anilines is 1. The smallest absolute Gasteiger partial charge is 0.354 e. The summed E-state index contributed by atoms with van der Waals surface area (Å²) in [6, 6.07) is 8.46. The molecule has 0 atom stereocenters. The molecule has 3 aromatic rings. The maximum atomic E-state index is 12.7. The number of carboxylic acid groups (broad SMARTS) is 1. The van der Waals surface area contributed by atoms with Gasteiger partial charge in [-0.15, -0.1) is 11.3 Å². The summed E-state index contributed by atoms with van der Waals surface area (Å²) in [4.78, 5) is 31.3. The first-order valence-corrected chi connectivity index (χ1v) is 8.85. The van der Waals surface area contributed by atoms with Crippen LogP contribution in [0.25, 0.3) is 15.9 Å². The summed E-state index contributed by atoms with van der Waals surface area (Å²) in [6.07, 6.45) is 2.35. The number of rotatable bonds is 4. The van der Waals surface area contributed by atoms with Crippen molar-refractivity contribution in [1.82, 2.24) is 9.55 Å². The van der Waals surface area contributed by atoms with Crippen LogP contribution in [0.1, 0.15) is 34.0 Å². The first-order valence-electron chi connectivity index (χ1n) is 8.03. The monoisotopic (exact) mass is 355 g/mol. The summed E-state index contributed by atoms with van der Waals surface area (Å²) in [6.45, 7) is 0. The van der Waals surface area contributed by atoms with Crippen molar-refractivity contribution in [3.8, 4) is 5.69 Å². The summed E-state index contributed by atoms with van der Waals surface area (Å²) in [7, 11) is 3.74. The molecular weight excluding hydrogens is 338 g/mol. The van der Waals surface area contributed by atoms with Gasteiger partial charge in [0.15, 0.2) is 5.82 Å². The van der Waals surface area contributed by atoms with Crippen LogP contribution in [0.4, 0.5) is 5.82 Å². The first-order chi connectivity index (χ1) is 12.0. The zero-order valence-electron chi connectivity index (χ0n) is 13.9. The van der Waals surface area contributed by atoms with E-state index in [0.717, 1.165) is 10.2 Å². The lowest BCUT2D eigenvalue weighted by Gasteiger charge is -2.14. The fourth-order valence-corrected chi connectivity index (χ4v) is 4.30. The fourth-order valence-electron chi connectivity index (χ4n) is 2.92. The Bertz CT molecular complexity index is 1050. The molecule has 1 aliphatic carbocycles. The third-order valence-corrected chi connectivity index (χ3v) is 5.61. The number of nitrogens with zero attached hydrogens (tertiary/aromatic N) is 3. The number of fused-ring (bicyclic) bond motifs is 1. The Morgan fingerprint density at radius 3 is 2.72 bits per heavy atom. The van der Waals surface area contributed by atoms with E-state index < -0.39 is 11.7 Å². The second kappa shape index (κ2) is 5.70. The Kier molecular flexibility index (Phi) is 3.61. The molecule has 0 aliphatic heterocycles. The van der Waals surface area contributed by atoms with Gasteiger partial charge >= 0.3 is 11.7 Å². The Labute approximate surface area is 148 Å². The Balaban J connectivity index is 2.02. The normalized spacial score (nSPS) is 14.0. The molecule has 0 radical (unpaired) electrons. The lowest BCUT2D eigenvalue weighted by molar-refractivity contribution is 0.0697. The Morgan fingerprint density at radius 1 is 1.32 bits per heavy atom. The molecule has 128 valence electrons. The van der Waals surface area contributed by atoms with Gasteiger partial charge in [0.25, 0.3) is 0 Å². The molecule has 1 N–H and O–H groups in total. The van der Waals surface area contributed by atoms with E-state index in [1.165, 1.54) is 34.4 Å². The number of benzene rings is 1. The zero-order valence-corrected chi connectivity index (χ0v) is 14.7. The maximum Gasteiger partial charge on any atom is 0.354 e. The molecule has 25 heavy (non-hydrogen) atoms. The van der Waals surface area contributed by atoms with E-state index in [1.54, 1.807) is 23.5 Å². The van der Waals surface area contributed by atoms with Crippen LogP contribution in [0, 0.1) is 0 Å². The van der Waals surface area contributed by atoms with Crippen molar-refractivity contribution < 1.29 is 9.90 Å². The van der Waals surface area contributed by atoms with Crippen LogP contribution in [0.2, 0.25) is 0 Å². The number of aromatic nitrogens is 2. The highest BCUT2D eigenvalue weighted by molar-refractivity contribution is 7.19. The van der Waals surface area contributed by atoms with Gasteiger partial charge in [-0.3, -0.25) is 4.57 Å². The van der Waals surface area contributed by atoms with Gasteiger partial charge in [-0.25, -0.2) is 9.59 Å². The van der Waals surface area contributed by atoms with Crippen molar-refractivity contribution in [3.63, 3.8) is 0 Å². The van der Waals surface area contributed by atoms with Crippen molar-refractivity contribution in [3.05, 3.63) is 51.3 Å². The first kappa shape index (κ1) is 15.8. The maximum absolute atomic E-state index is 12.7. The highest BCUT2D eigenvalue weighted by atomic mass is 32.1. The Hall–Kier alpha value is -2.67.